The summed E-state index contributed by atoms with van der Waals surface area (Å²) in [4.78, 5) is 0.139. The van der Waals surface area contributed by atoms with E-state index in [1.807, 2.05) is 6.07 Å². The van der Waals surface area contributed by atoms with E-state index < -0.39 is 10.0 Å². The van der Waals surface area contributed by atoms with Crippen LogP contribution in [0.5, 0.6) is 0 Å². The van der Waals surface area contributed by atoms with Crippen LogP contribution in [-0.4, -0.2) is 21.4 Å². The third kappa shape index (κ3) is 3.20. The molecule has 0 radical (unpaired) electrons. The average molecular weight is 275 g/mol. The van der Waals surface area contributed by atoms with Crippen LogP contribution in [0.15, 0.2) is 70.0 Å². The van der Waals surface area contributed by atoms with Crippen LogP contribution >= 0.6 is 0 Å². The summed E-state index contributed by atoms with van der Waals surface area (Å²) in [5.41, 5.74) is 0.615. The first-order valence-electron chi connectivity index (χ1n) is 5.63. The number of benzene rings is 2. The Kier molecular flexibility index (Phi) is 3.97. The molecule has 4 nitrogen and oxygen atoms in total. The van der Waals surface area contributed by atoms with Gasteiger partial charge in [0.15, 0.2) is 0 Å². The molecular formula is C14H13NO3S. The molecule has 2 rings (SSSR count). The van der Waals surface area contributed by atoms with Crippen molar-refractivity contribution >= 4 is 15.9 Å². The molecule has 0 saturated heterocycles. The Hall–Kier alpha value is -2.14. The molecule has 0 saturated carbocycles. The van der Waals surface area contributed by atoms with Crippen LogP contribution in [0.2, 0.25) is 0 Å². The summed E-state index contributed by atoms with van der Waals surface area (Å²) in [6.07, 6.45) is 0. The first-order valence-corrected chi connectivity index (χ1v) is 7.07. The van der Waals surface area contributed by atoms with Gasteiger partial charge in [-0.15, -0.1) is 4.40 Å². The molecular weight excluding hydrogens is 262 g/mol. The van der Waals surface area contributed by atoms with E-state index in [9.17, 15) is 8.42 Å². The van der Waals surface area contributed by atoms with Gasteiger partial charge < -0.3 is 4.74 Å². The molecule has 0 bridgehead atoms. The summed E-state index contributed by atoms with van der Waals surface area (Å²) < 4.78 is 33.0. The third-order valence-electron chi connectivity index (χ3n) is 2.46. The molecule has 0 aliphatic rings. The molecule has 0 fully saturated rings. The van der Waals surface area contributed by atoms with Crippen molar-refractivity contribution in [3.8, 4) is 0 Å². The van der Waals surface area contributed by atoms with Crippen molar-refractivity contribution in [1.29, 1.82) is 0 Å². The van der Waals surface area contributed by atoms with Crippen LogP contribution in [0, 0.1) is 0 Å². The van der Waals surface area contributed by atoms with Gasteiger partial charge in [-0.05, 0) is 24.3 Å². The molecule has 0 aromatic heterocycles. The van der Waals surface area contributed by atoms with Crippen LogP contribution in [-0.2, 0) is 14.8 Å². The number of hydrogen-bond donors (Lipinski definition) is 0. The number of rotatable bonds is 3. The molecule has 0 aliphatic heterocycles. The monoisotopic (exact) mass is 275 g/mol. The van der Waals surface area contributed by atoms with Crippen molar-refractivity contribution in [2.24, 2.45) is 4.40 Å². The lowest BCUT2D eigenvalue weighted by atomic mass is 10.2. The standard InChI is InChI=1S/C14H13NO3S/c1-18-14(12-8-4-2-5-9-12)15-19(16,17)13-10-6-3-7-11-13/h2-11H,1H3. The molecule has 19 heavy (non-hydrogen) atoms. The van der Waals surface area contributed by atoms with Crippen LogP contribution in [0.25, 0.3) is 0 Å². The Morgan fingerprint density at radius 2 is 1.47 bits per heavy atom. The number of nitrogens with zero attached hydrogens (tertiary/aromatic N) is 1. The topological polar surface area (TPSA) is 55.7 Å². The van der Waals surface area contributed by atoms with Gasteiger partial charge in [-0.25, -0.2) is 0 Å². The summed E-state index contributed by atoms with van der Waals surface area (Å²) in [6.45, 7) is 0. The van der Waals surface area contributed by atoms with E-state index in [0.29, 0.717) is 5.56 Å². The molecule has 0 spiro atoms. The van der Waals surface area contributed by atoms with Crippen molar-refractivity contribution < 1.29 is 13.2 Å². The van der Waals surface area contributed by atoms with Crippen molar-refractivity contribution in [2.75, 3.05) is 7.11 Å². The number of ether oxygens (including phenoxy) is 1. The normalized spacial score (nSPS) is 12.2. The number of hydrogen-bond acceptors (Lipinski definition) is 3. The van der Waals surface area contributed by atoms with Crippen molar-refractivity contribution in [1.82, 2.24) is 0 Å². The minimum atomic E-state index is -3.76. The highest BCUT2D eigenvalue weighted by Crippen LogP contribution is 2.13. The van der Waals surface area contributed by atoms with Gasteiger partial charge in [0.2, 0.25) is 5.90 Å². The van der Waals surface area contributed by atoms with Gasteiger partial charge in [0.25, 0.3) is 10.0 Å². The van der Waals surface area contributed by atoms with Gasteiger partial charge in [0.1, 0.15) is 0 Å². The second-order valence-corrected chi connectivity index (χ2v) is 5.36. The SMILES string of the molecule is COC(=NS(=O)(=O)c1ccccc1)c1ccccc1. The molecule has 0 N–H and O–H groups in total. The summed E-state index contributed by atoms with van der Waals surface area (Å²) in [6, 6.07) is 16.9. The smallest absolute Gasteiger partial charge is 0.285 e. The largest absolute Gasteiger partial charge is 0.480 e. The highest BCUT2D eigenvalue weighted by molar-refractivity contribution is 7.90. The molecule has 5 heteroatoms. The quantitative estimate of drug-likeness (QED) is 0.638. The van der Waals surface area contributed by atoms with Crippen molar-refractivity contribution in [3.63, 3.8) is 0 Å². The van der Waals surface area contributed by atoms with E-state index in [1.165, 1.54) is 19.2 Å². The first kappa shape index (κ1) is 13.3. The summed E-state index contributed by atoms with van der Waals surface area (Å²) in [5.74, 6) is 0.0736. The molecule has 2 aromatic rings. The van der Waals surface area contributed by atoms with E-state index in [2.05, 4.69) is 4.40 Å². The molecule has 2 aromatic carbocycles. The van der Waals surface area contributed by atoms with Crippen LogP contribution in [0.3, 0.4) is 0 Å². The zero-order valence-electron chi connectivity index (χ0n) is 10.4. The van der Waals surface area contributed by atoms with Crippen molar-refractivity contribution in [2.45, 2.75) is 4.90 Å². The van der Waals surface area contributed by atoms with Crippen LogP contribution in [0.4, 0.5) is 0 Å². The van der Waals surface area contributed by atoms with E-state index in [-0.39, 0.29) is 10.8 Å². The number of methoxy groups -OCH3 is 1. The molecule has 0 amide bonds. The van der Waals surface area contributed by atoms with Gasteiger partial charge in [-0.1, -0.05) is 36.4 Å². The first-order chi connectivity index (χ1) is 9.13. The second kappa shape index (κ2) is 5.67. The van der Waals surface area contributed by atoms with Gasteiger partial charge in [0.05, 0.1) is 12.0 Å². The fourth-order valence-electron chi connectivity index (χ4n) is 1.54. The van der Waals surface area contributed by atoms with Crippen molar-refractivity contribution in [3.05, 3.63) is 66.2 Å². The fraction of sp³-hybridized carbons (Fsp3) is 0.0714. The van der Waals surface area contributed by atoms with Crippen LogP contribution < -0.4 is 0 Å². The van der Waals surface area contributed by atoms with E-state index in [1.54, 1.807) is 42.5 Å². The Bertz CT molecular complexity index is 664. The van der Waals surface area contributed by atoms with E-state index >= 15 is 0 Å². The lowest BCUT2D eigenvalue weighted by molar-refractivity contribution is 0.405. The highest BCUT2D eigenvalue weighted by Gasteiger charge is 2.15. The van der Waals surface area contributed by atoms with Gasteiger partial charge in [-0.3, -0.25) is 0 Å². The lowest BCUT2D eigenvalue weighted by Crippen LogP contribution is -2.08. The molecule has 0 aliphatic carbocycles. The predicted octanol–water partition coefficient (Wildman–Crippen LogP) is 2.47. The maximum atomic E-state index is 12.1. The minimum Gasteiger partial charge on any atom is -0.480 e. The van der Waals surface area contributed by atoms with E-state index in [4.69, 9.17) is 4.74 Å². The minimum absolute atomic E-state index is 0.0736. The maximum Gasteiger partial charge on any atom is 0.285 e. The van der Waals surface area contributed by atoms with Gasteiger partial charge in [0, 0.05) is 5.56 Å². The zero-order valence-corrected chi connectivity index (χ0v) is 11.2. The third-order valence-corrected chi connectivity index (χ3v) is 3.73. The Morgan fingerprint density at radius 1 is 0.947 bits per heavy atom. The maximum absolute atomic E-state index is 12.1. The molecule has 98 valence electrons. The Morgan fingerprint density at radius 3 is 2.00 bits per heavy atom. The Balaban J connectivity index is 2.44. The average Bonchev–Trinajstić information content (AvgIpc) is 2.47. The molecule has 0 heterocycles. The summed E-state index contributed by atoms with van der Waals surface area (Å²) in [7, 11) is -2.36. The molecule has 0 atom stereocenters. The Labute approximate surface area is 112 Å². The number of sulfonamides is 1. The fourth-order valence-corrected chi connectivity index (χ4v) is 2.55. The lowest BCUT2D eigenvalue weighted by Gasteiger charge is -2.05. The van der Waals surface area contributed by atoms with E-state index in [0.717, 1.165) is 0 Å². The molecule has 0 unspecified atom stereocenters. The van der Waals surface area contributed by atoms with Gasteiger partial charge >= 0.3 is 0 Å². The summed E-state index contributed by atoms with van der Waals surface area (Å²) >= 11 is 0. The zero-order chi connectivity index (χ0) is 13.7. The highest BCUT2D eigenvalue weighted by atomic mass is 32.2. The van der Waals surface area contributed by atoms with Crippen LogP contribution in [0.1, 0.15) is 5.56 Å². The summed E-state index contributed by atoms with van der Waals surface area (Å²) in [5, 5.41) is 0. The predicted molar refractivity (Wildman–Crippen MR) is 73.6 cm³/mol. The van der Waals surface area contributed by atoms with Gasteiger partial charge in [-0.2, -0.15) is 8.42 Å². The second-order valence-electron chi connectivity index (χ2n) is 3.75.